The summed E-state index contributed by atoms with van der Waals surface area (Å²) in [6.07, 6.45) is 2.31. The van der Waals surface area contributed by atoms with E-state index in [9.17, 15) is 13.2 Å². The SMILES string of the molecule is CCS(=O)(=O)c1c(NC(C)C2CC2)sc(C(C)=O)c1N. The Bertz CT molecular complexity index is 630. The fraction of sp³-hybridized carbons (Fsp3) is 0.615. The number of hydrogen-bond donors (Lipinski definition) is 2. The van der Waals surface area contributed by atoms with Crippen LogP contribution in [0.25, 0.3) is 0 Å². The number of anilines is 2. The van der Waals surface area contributed by atoms with Crippen LogP contribution in [0.5, 0.6) is 0 Å². The number of hydrogen-bond acceptors (Lipinski definition) is 6. The molecular weight excluding hydrogens is 296 g/mol. The van der Waals surface area contributed by atoms with E-state index >= 15 is 0 Å². The van der Waals surface area contributed by atoms with Crippen molar-refractivity contribution in [3.05, 3.63) is 4.88 Å². The molecule has 1 atom stereocenters. The number of thiophene rings is 1. The summed E-state index contributed by atoms with van der Waals surface area (Å²) in [6.45, 7) is 5.01. The van der Waals surface area contributed by atoms with Crippen molar-refractivity contribution < 1.29 is 13.2 Å². The lowest BCUT2D eigenvalue weighted by Gasteiger charge is -2.14. The Kier molecular flexibility index (Phi) is 4.11. The average molecular weight is 316 g/mol. The lowest BCUT2D eigenvalue weighted by atomic mass is 10.2. The van der Waals surface area contributed by atoms with E-state index in [0.717, 1.165) is 24.2 Å². The number of rotatable bonds is 6. The van der Waals surface area contributed by atoms with Crippen LogP contribution in [0.2, 0.25) is 0 Å². The third-order valence-electron chi connectivity index (χ3n) is 3.60. The normalized spacial score (nSPS) is 16.9. The average Bonchev–Trinajstić information content (AvgIpc) is 3.14. The van der Waals surface area contributed by atoms with E-state index in [1.807, 2.05) is 6.92 Å². The Morgan fingerprint density at radius 1 is 1.50 bits per heavy atom. The monoisotopic (exact) mass is 316 g/mol. The molecule has 1 unspecified atom stereocenters. The highest BCUT2D eigenvalue weighted by atomic mass is 32.2. The van der Waals surface area contributed by atoms with E-state index in [1.165, 1.54) is 6.92 Å². The molecule has 1 fully saturated rings. The number of ketones is 1. The fourth-order valence-corrected chi connectivity index (χ4v) is 4.80. The highest BCUT2D eigenvalue weighted by molar-refractivity contribution is 7.91. The summed E-state index contributed by atoms with van der Waals surface area (Å²) >= 11 is 1.15. The van der Waals surface area contributed by atoms with Gasteiger partial charge in [0.2, 0.25) is 0 Å². The third-order valence-corrected chi connectivity index (χ3v) is 6.77. The van der Waals surface area contributed by atoms with Crippen LogP contribution in [0.1, 0.15) is 43.3 Å². The lowest BCUT2D eigenvalue weighted by Crippen LogP contribution is -2.18. The zero-order valence-electron chi connectivity index (χ0n) is 11.9. The van der Waals surface area contributed by atoms with Crippen LogP contribution in [0.3, 0.4) is 0 Å². The van der Waals surface area contributed by atoms with Gasteiger partial charge in [0.1, 0.15) is 9.90 Å². The molecule has 1 aromatic rings. The maximum absolute atomic E-state index is 12.2. The van der Waals surface area contributed by atoms with E-state index in [4.69, 9.17) is 5.73 Å². The fourth-order valence-electron chi connectivity index (χ4n) is 2.16. The minimum absolute atomic E-state index is 0.0300. The van der Waals surface area contributed by atoms with Gasteiger partial charge in [-0.1, -0.05) is 6.92 Å². The van der Waals surface area contributed by atoms with E-state index in [-0.39, 0.29) is 28.2 Å². The molecule has 1 heterocycles. The molecule has 1 aliphatic rings. The molecule has 0 aromatic carbocycles. The van der Waals surface area contributed by atoms with Crippen molar-refractivity contribution in [3.8, 4) is 0 Å². The molecule has 20 heavy (non-hydrogen) atoms. The molecule has 0 radical (unpaired) electrons. The predicted molar refractivity (Wildman–Crippen MR) is 82.3 cm³/mol. The first-order valence-corrected chi connectivity index (χ1v) is 9.17. The molecule has 1 saturated carbocycles. The Hall–Kier alpha value is -1.08. The molecule has 0 amide bonds. The maximum atomic E-state index is 12.2. The van der Waals surface area contributed by atoms with Crippen molar-refractivity contribution in [1.29, 1.82) is 0 Å². The summed E-state index contributed by atoms with van der Waals surface area (Å²) in [5, 5.41) is 3.74. The number of sulfone groups is 1. The minimum atomic E-state index is -3.45. The van der Waals surface area contributed by atoms with Gasteiger partial charge in [-0.25, -0.2) is 8.42 Å². The summed E-state index contributed by atoms with van der Waals surface area (Å²) in [6, 6.07) is 0.193. The molecule has 0 bridgehead atoms. The first kappa shape index (κ1) is 15.3. The molecule has 0 aliphatic heterocycles. The van der Waals surface area contributed by atoms with Crippen molar-refractivity contribution in [1.82, 2.24) is 0 Å². The maximum Gasteiger partial charge on any atom is 0.183 e. The van der Waals surface area contributed by atoms with Gasteiger partial charge in [-0.15, -0.1) is 11.3 Å². The van der Waals surface area contributed by atoms with E-state index in [2.05, 4.69) is 5.32 Å². The van der Waals surface area contributed by atoms with Gasteiger partial charge in [0.05, 0.1) is 16.3 Å². The van der Waals surface area contributed by atoms with Crippen molar-refractivity contribution in [3.63, 3.8) is 0 Å². The van der Waals surface area contributed by atoms with Crippen molar-refractivity contribution in [2.75, 3.05) is 16.8 Å². The van der Waals surface area contributed by atoms with Gasteiger partial charge in [0.15, 0.2) is 15.6 Å². The second-order valence-corrected chi connectivity index (χ2v) is 8.47. The summed E-state index contributed by atoms with van der Waals surface area (Å²) in [7, 11) is -3.45. The Labute approximate surface area is 123 Å². The molecule has 5 nitrogen and oxygen atoms in total. The van der Waals surface area contributed by atoms with Crippen LogP contribution in [-0.2, 0) is 9.84 Å². The smallest absolute Gasteiger partial charge is 0.183 e. The second kappa shape index (κ2) is 5.37. The van der Waals surface area contributed by atoms with Crippen molar-refractivity contribution >= 4 is 37.6 Å². The Balaban J connectivity index is 2.48. The minimum Gasteiger partial charge on any atom is -0.396 e. The van der Waals surface area contributed by atoms with E-state index in [1.54, 1.807) is 6.92 Å². The number of carbonyl (C=O) groups is 1. The number of carbonyl (C=O) groups excluding carboxylic acids is 1. The largest absolute Gasteiger partial charge is 0.396 e. The third kappa shape index (κ3) is 2.83. The first-order valence-electron chi connectivity index (χ1n) is 6.70. The zero-order chi connectivity index (χ0) is 15.1. The summed E-state index contributed by atoms with van der Waals surface area (Å²) < 4.78 is 24.4. The first-order chi connectivity index (χ1) is 9.27. The summed E-state index contributed by atoms with van der Waals surface area (Å²) in [4.78, 5) is 12.0. The van der Waals surface area contributed by atoms with Gasteiger partial charge in [0.25, 0.3) is 0 Å². The molecule has 7 heteroatoms. The second-order valence-electron chi connectivity index (χ2n) is 5.23. The number of nitrogens with two attached hydrogens (primary N) is 1. The van der Waals surface area contributed by atoms with Gasteiger partial charge in [0, 0.05) is 13.0 Å². The van der Waals surface area contributed by atoms with Crippen LogP contribution in [-0.4, -0.2) is 26.0 Å². The Morgan fingerprint density at radius 2 is 2.10 bits per heavy atom. The summed E-state index contributed by atoms with van der Waals surface area (Å²) in [5.74, 6) is 0.348. The highest BCUT2D eigenvalue weighted by Crippen LogP contribution is 2.42. The van der Waals surface area contributed by atoms with Gasteiger partial charge >= 0.3 is 0 Å². The van der Waals surface area contributed by atoms with Gasteiger partial charge in [-0.05, 0) is 25.7 Å². The predicted octanol–water partition coefficient (Wildman–Crippen LogP) is 2.54. The van der Waals surface area contributed by atoms with Crippen molar-refractivity contribution in [2.24, 2.45) is 5.92 Å². The molecule has 2 rings (SSSR count). The Morgan fingerprint density at radius 3 is 2.55 bits per heavy atom. The van der Waals surface area contributed by atoms with Gasteiger partial charge < -0.3 is 11.1 Å². The molecule has 0 spiro atoms. The zero-order valence-corrected chi connectivity index (χ0v) is 13.5. The number of nitrogen functional groups attached to an aromatic ring is 1. The lowest BCUT2D eigenvalue weighted by molar-refractivity contribution is 0.102. The van der Waals surface area contributed by atoms with E-state index < -0.39 is 9.84 Å². The molecule has 0 saturated heterocycles. The van der Waals surface area contributed by atoms with Crippen LogP contribution in [0.4, 0.5) is 10.7 Å². The standard InChI is InChI=1S/C13H20N2O3S2/c1-4-20(17,18)12-10(14)11(8(3)16)19-13(12)15-7(2)9-5-6-9/h7,9,15H,4-6,14H2,1-3H3. The number of Topliss-reactive ketones (excluding diaryl/α,β-unsaturated/α-hetero) is 1. The number of nitrogens with one attached hydrogen (secondary N) is 1. The molecular formula is C13H20N2O3S2. The molecule has 1 aliphatic carbocycles. The van der Waals surface area contributed by atoms with Gasteiger partial charge in [-0.2, -0.15) is 0 Å². The summed E-state index contributed by atoms with van der Waals surface area (Å²) in [5.41, 5.74) is 6.00. The van der Waals surface area contributed by atoms with Crippen LogP contribution >= 0.6 is 11.3 Å². The highest BCUT2D eigenvalue weighted by Gasteiger charge is 2.32. The van der Waals surface area contributed by atoms with Crippen LogP contribution < -0.4 is 11.1 Å². The van der Waals surface area contributed by atoms with E-state index in [0.29, 0.717) is 15.8 Å². The molecule has 1 aromatic heterocycles. The quantitative estimate of drug-likeness (QED) is 0.787. The molecule has 3 N–H and O–H groups in total. The van der Waals surface area contributed by atoms with Crippen molar-refractivity contribution in [2.45, 2.75) is 44.6 Å². The molecule has 112 valence electrons. The van der Waals surface area contributed by atoms with Crippen LogP contribution in [0, 0.1) is 5.92 Å². The van der Waals surface area contributed by atoms with Crippen LogP contribution in [0.15, 0.2) is 4.90 Å². The van der Waals surface area contributed by atoms with Gasteiger partial charge in [-0.3, -0.25) is 4.79 Å². The topological polar surface area (TPSA) is 89.3 Å².